The predicted octanol–water partition coefficient (Wildman–Crippen LogP) is -0.218. The summed E-state index contributed by atoms with van der Waals surface area (Å²) < 4.78 is 10.4. The van der Waals surface area contributed by atoms with Gasteiger partial charge in [0.15, 0.2) is 0 Å². The van der Waals surface area contributed by atoms with Crippen molar-refractivity contribution < 1.29 is 14.6 Å². The second-order valence-electron chi connectivity index (χ2n) is 4.09. The van der Waals surface area contributed by atoms with E-state index in [1.807, 2.05) is 4.90 Å². The van der Waals surface area contributed by atoms with Gasteiger partial charge in [-0.05, 0) is 11.6 Å². The van der Waals surface area contributed by atoms with Crippen LogP contribution in [0.4, 0.5) is 11.9 Å². The van der Waals surface area contributed by atoms with Crippen molar-refractivity contribution in [3.05, 3.63) is 5.28 Å². The maximum atomic E-state index is 8.59. The lowest BCUT2D eigenvalue weighted by Crippen LogP contribution is -2.37. The van der Waals surface area contributed by atoms with E-state index in [2.05, 4.69) is 20.3 Å². The van der Waals surface area contributed by atoms with Crippen LogP contribution in [0.2, 0.25) is 5.28 Å². The van der Waals surface area contributed by atoms with Gasteiger partial charge in [-0.15, -0.1) is 0 Å². The van der Waals surface area contributed by atoms with Crippen molar-refractivity contribution in [1.29, 1.82) is 0 Å². The monoisotopic (exact) mass is 303 g/mol. The van der Waals surface area contributed by atoms with E-state index >= 15 is 0 Å². The topological polar surface area (TPSA) is 92.6 Å². The van der Waals surface area contributed by atoms with E-state index in [1.165, 1.54) is 0 Å². The van der Waals surface area contributed by atoms with Gasteiger partial charge in [-0.25, -0.2) is 0 Å². The van der Waals surface area contributed by atoms with E-state index in [1.54, 1.807) is 0 Å². The zero-order valence-electron chi connectivity index (χ0n) is 11.1. The number of nitrogens with zero attached hydrogens (tertiary/aromatic N) is 4. The number of aliphatic hydroxyl groups excluding tert-OH is 1. The molecule has 0 spiro atoms. The second-order valence-corrected chi connectivity index (χ2v) is 4.43. The fourth-order valence-corrected chi connectivity index (χ4v) is 1.88. The predicted molar refractivity (Wildman–Crippen MR) is 74.3 cm³/mol. The lowest BCUT2D eigenvalue weighted by molar-refractivity contribution is 0.0991. The van der Waals surface area contributed by atoms with Gasteiger partial charge in [-0.2, -0.15) is 15.0 Å². The molecule has 1 aliphatic rings. The second kappa shape index (κ2) is 8.15. The largest absolute Gasteiger partial charge is 0.394 e. The molecule has 2 N–H and O–H groups in total. The van der Waals surface area contributed by atoms with Crippen LogP contribution in [0.3, 0.4) is 0 Å². The minimum atomic E-state index is 0.0127. The zero-order valence-corrected chi connectivity index (χ0v) is 11.8. The van der Waals surface area contributed by atoms with E-state index in [9.17, 15) is 0 Å². The van der Waals surface area contributed by atoms with Gasteiger partial charge in [0, 0.05) is 19.6 Å². The lowest BCUT2D eigenvalue weighted by Gasteiger charge is -2.26. The Morgan fingerprint density at radius 1 is 1.25 bits per heavy atom. The van der Waals surface area contributed by atoms with Crippen LogP contribution in [0, 0.1) is 0 Å². The molecule has 1 fully saturated rings. The maximum absolute atomic E-state index is 8.59. The summed E-state index contributed by atoms with van der Waals surface area (Å²) in [6.45, 7) is 4.10. The van der Waals surface area contributed by atoms with Crippen LogP contribution < -0.4 is 10.2 Å². The maximum Gasteiger partial charge on any atom is 0.231 e. The molecule has 1 aliphatic heterocycles. The van der Waals surface area contributed by atoms with Crippen molar-refractivity contribution in [2.45, 2.75) is 0 Å². The number of hydrogen-bond acceptors (Lipinski definition) is 8. The molecule has 9 heteroatoms. The number of hydrogen-bond donors (Lipinski definition) is 2. The molecule has 0 amide bonds. The number of nitrogens with one attached hydrogen (secondary N) is 1. The number of aromatic nitrogens is 3. The first kappa shape index (κ1) is 15.2. The summed E-state index contributed by atoms with van der Waals surface area (Å²) >= 11 is 5.91. The molecule has 20 heavy (non-hydrogen) atoms. The molecule has 2 rings (SSSR count). The molecular formula is C11H18ClN5O3. The summed E-state index contributed by atoms with van der Waals surface area (Å²) in [7, 11) is 0. The summed E-state index contributed by atoms with van der Waals surface area (Å²) in [4.78, 5) is 14.5. The fraction of sp³-hybridized carbons (Fsp3) is 0.727. The van der Waals surface area contributed by atoms with Gasteiger partial charge < -0.3 is 24.8 Å². The van der Waals surface area contributed by atoms with Crippen LogP contribution in [-0.4, -0.2) is 72.7 Å². The number of halogens is 1. The van der Waals surface area contributed by atoms with Crippen LogP contribution in [0.5, 0.6) is 0 Å². The lowest BCUT2D eigenvalue weighted by atomic mass is 10.4. The third-order valence-electron chi connectivity index (χ3n) is 2.66. The van der Waals surface area contributed by atoms with Crippen molar-refractivity contribution in [3.8, 4) is 0 Å². The Hall–Kier alpha value is -1.22. The molecule has 0 radical (unpaired) electrons. The molecular weight excluding hydrogens is 286 g/mol. The van der Waals surface area contributed by atoms with Gasteiger partial charge in [0.1, 0.15) is 0 Å². The molecule has 0 aliphatic carbocycles. The van der Waals surface area contributed by atoms with Gasteiger partial charge >= 0.3 is 0 Å². The number of morpholine rings is 1. The van der Waals surface area contributed by atoms with Crippen molar-refractivity contribution in [2.75, 3.05) is 62.9 Å². The molecule has 0 atom stereocenters. The van der Waals surface area contributed by atoms with Gasteiger partial charge in [-0.3, -0.25) is 0 Å². The highest BCUT2D eigenvalue weighted by Crippen LogP contribution is 2.14. The Morgan fingerprint density at radius 2 is 2.05 bits per heavy atom. The molecule has 112 valence electrons. The summed E-state index contributed by atoms with van der Waals surface area (Å²) in [6.07, 6.45) is 0. The fourth-order valence-electron chi connectivity index (χ4n) is 1.73. The van der Waals surface area contributed by atoms with Crippen LogP contribution in [0.15, 0.2) is 0 Å². The Labute approximate surface area is 122 Å². The first-order chi connectivity index (χ1) is 9.79. The van der Waals surface area contributed by atoms with Crippen LogP contribution in [0.25, 0.3) is 0 Å². The summed E-state index contributed by atoms with van der Waals surface area (Å²) in [5.41, 5.74) is 0. The summed E-state index contributed by atoms with van der Waals surface area (Å²) in [6, 6.07) is 0. The van der Waals surface area contributed by atoms with Crippen LogP contribution in [0.1, 0.15) is 0 Å². The van der Waals surface area contributed by atoms with Crippen molar-refractivity contribution in [2.24, 2.45) is 0 Å². The molecule has 8 nitrogen and oxygen atoms in total. The van der Waals surface area contributed by atoms with E-state index in [0.29, 0.717) is 44.9 Å². The Bertz CT molecular complexity index is 417. The van der Waals surface area contributed by atoms with Crippen molar-refractivity contribution in [1.82, 2.24) is 15.0 Å². The zero-order chi connectivity index (χ0) is 14.2. The third-order valence-corrected chi connectivity index (χ3v) is 2.82. The standard InChI is InChI=1S/C11H18ClN5O3/c12-9-14-10(13-1-5-19-8-4-18)16-11(15-9)17-2-6-20-7-3-17/h18H,1-8H2,(H,13,14,15,16). The van der Waals surface area contributed by atoms with E-state index in [4.69, 9.17) is 26.2 Å². The van der Waals surface area contributed by atoms with Gasteiger partial charge in [0.05, 0.1) is 33.0 Å². The highest BCUT2D eigenvalue weighted by Gasteiger charge is 2.15. The third kappa shape index (κ3) is 4.71. The number of anilines is 2. The number of ether oxygens (including phenoxy) is 2. The van der Waals surface area contributed by atoms with Gasteiger partial charge in [0.25, 0.3) is 0 Å². The Kier molecular flexibility index (Phi) is 6.19. The molecule has 1 aromatic heterocycles. The van der Waals surface area contributed by atoms with Crippen LogP contribution >= 0.6 is 11.6 Å². The normalized spacial score (nSPS) is 15.4. The molecule has 0 aromatic carbocycles. The first-order valence-electron chi connectivity index (χ1n) is 6.46. The van der Waals surface area contributed by atoms with E-state index in [-0.39, 0.29) is 11.9 Å². The Morgan fingerprint density at radius 3 is 2.80 bits per heavy atom. The molecule has 1 saturated heterocycles. The SMILES string of the molecule is OCCOCCNc1nc(Cl)nc(N2CCOCC2)n1. The number of rotatable bonds is 7. The van der Waals surface area contributed by atoms with E-state index < -0.39 is 0 Å². The van der Waals surface area contributed by atoms with Gasteiger partial charge in [-0.1, -0.05) is 0 Å². The van der Waals surface area contributed by atoms with Gasteiger partial charge in [0.2, 0.25) is 17.2 Å². The summed E-state index contributed by atoms with van der Waals surface area (Å²) in [5, 5.41) is 11.8. The van der Waals surface area contributed by atoms with Crippen molar-refractivity contribution >= 4 is 23.5 Å². The molecule has 2 heterocycles. The average molecular weight is 304 g/mol. The van der Waals surface area contributed by atoms with Crippen LogP contribution in [-0.2, 0) is 9.47 Å². The molecule has 0 unspecified atom stereocenters. The molecule has 0 bridgehead atoms. The molecule has 1 aromatic rings. The minimum Gasteiger partial charge on any atom is -0.394 e. The highest BCUT2D eigenvalue weighted by molar-refractivity contribution is 6.28. The Balaban J connectivity index is 1.90. The minimum absolute atomic E-state index is 0.0127. The highest BCUT2D eigenvalue weighted by atomic mass is 35.5. The number of aliphatic hydroxyl groups is 1. The molecule has 0 saturated carbocycles. The quantitative estimate of drug-likeness (QED) is 0.668. The summed E-state index contributed by atoms with van der Waals surface area (Å²) in [5.74, 6) is 0.964. The van der Waals surface area contributed by atoms with Crippen molar-refractivity contribution in [3.63, 3.8) is 0 Å². The first-order valence-corrected chi connectivity index (χ1v) is 6.84. The smallest absolute Gasteiger partial charge is 0.231 e. The average Bonchev–Trinajstić information content (AvgIpc) is 2.47. The van der Waals surface area contributed by atoms with E-state index in [0.717, 1.165) is 13.1 Å².